The van der Waals surface area contributed by atoms with Crippen molar-refractivity contribution in [2.75, 3.05) is 6.54 Å². The van der Waals surface area contributed by atoms with Gasteiger partial charge in [-0.3, -0.25) is 14.9 Å². The summed E-state index contributed by atoms with van der Waals surface area (Å²) in [6.07, 6.45) is 1.38. The topological polar surface area (TPSA) is 77.2 Å². The molecule has 0 radical (unpaired) electrons. The molecular formula is C7H7N3O3. The fourth-order valence-electron chi connectivity index (χ4n) is 1.35. The number of aromatic nitrogens is 1. The van der Waals surface area contributed by atoms with Crippen LogP contribution in [0.5, 0.6) is 0 Å². The molecule has 2 rings (SSSR count). The molecule has 13 heavy (non-hydrogen) atoms. The molecule has 1 aromatic rings. The first-order chi connectivity index (χ1) is 6.18. The van der Waals surface area contributed by atoms with Crippen LogP contribution in [0.4, 0.5) is 5.69 Å². The van der Waals surface area contributed by atoms with Gasteiger partial charge in [0.05, 0.1) is 11.1 Å². The van der Waals surface area contributed by atoms with E-state index in [1.165, 1.54) is 12.3 Å². The number of carbonyl (C=O) groups excluding carboxylic acids is 1. The Hall–Kier alpha value is -1.85. The molecule has 68 valence electrons. The molecule has 0 bridgehead atoms. The Balaban J connectivity index is 2.48. The molecule has 0 spiro atoms. The Labute approximate surface area is 73.3 Å². The summed E-state index contributed by atoms with van der Waals surface area (Å²) in [5.74, 6) is -0.251. The van der Waals surface area contributed by atoms with Crippen molar-refractivity contribution < 1.29 is 9.72 Å². The highest BCUT2D eigenvalue weighted by Gasteiger charge is 2.21. The van der Waals surface area contributed by atoms with Gasteiger partial charge in [-0.15, -0.1) is 0 Å². The Kier molecular flexibility index (Phi) is 1.54. The summed E-state index contributed by atoms with van der Waals surface area (Å²) >= 11 is 0. The number of hydrogen-bond donors (Lipinski definition) is 1. The minimum Gasteiger partial charge on any atom is -0.349 e. The van der Waals surface area contributed by atoms with Crippen molar-refractivity contribution in [1.82, 2.24) is 9.88 Å². The molecule has 6 nitrogen and oxygen atoms in total. The largest absolute Gasteiger partial charge is 0.349 e. The molecule has 1 aliphatic rings. The van der Waals surface area contributed by atoms with Gasteiger partial charge in [0.2, 0.25) is 0 Å². The highest BCUT2D eigenvalue weighted by atomic mass is 16.6. The van der Waals surface area contributed by atoms with Crippen molar-refractivity contribution in [3.63, 3.8) is 0 Å². The summed E-state index contributed by atoms with van der Waals surface area (Å²) in [6.45, 7) is 1.12. The van der Waals surface area contributed by atoms with Crippen LogP contribution in [0.2, 0.25) is 0 Å². The zero-order valence-electron chi connectivity index (χ0n) is 6.69. The SMILES string of the molecule is O=C1NCCn2cc([N+](=O)[O-])cc21. The maximum Gasteiger partial charge on any atom is 0.287 e. The van der Waals surface area contributed by atoms with Crippen LogP contribution in [0.15, 0.2) is 12.3 Å². The van der Waals surface area contributed by atoms with E-state index in [0.717, 1.165) is 0 Å². The van der Waals surface area contributed by atoms with E-state index in [1.807, 2.05) is 0 Å². The van der Waals surface area contributed by atoms with E-state index in [4.69, 9.17) is 0 Å². The van der Waals surface area contributed by atoms with Crippen molar-refractivity contribution in [3.05, 3.63) is 28.1 Å². The molecule has 0 atom stereocenters. The standard InChI is InChI=1S/C7H7N3O3/c11-7-6-3-5(10(12)13)4-9(6)2-1-8-7/h3-4H,1-2H2,(H,8,11). The average molecular weight is 181 g/mol. The molecule has 1 aliphatic heterocycles. The molecule has 0 aromatic carbocycles. The van der Waals surface area contributed by atoms with Crippen molar-refractivity contribution in [2.24, 2.45) is 0 Å². The Morgan fingerprint density at radius 2 is 2.38 bits per heavy atom. The summed E-state index contributed by atoms with van der Waals surface area (Å²) in [7, 11) is 0. The lowest BCUT2D eigenvalue weighted by Gasteiger charge is -2.14. The van der Waals surface area contributed by atoms with Gasteiger partial charge in [-0.1, -0.05) is 0 Å². The minimum atomic E-state index is -0.501. The molecule has 0 unspecified atom stereocenters. The Bertz CT molecular complexity index is 382. The van der Waals surface area contributed by atoms with E-state index >= 15 is 0 Å². The number of carbonyl (C=O) groups is 1. The van der Waals surface area contributed by atoms with E-state index in [1.54, 1.807) is 4.57 Å². The van der Waals surface area contributed by atoms with Gasteiger partial charge in [-0.25, -0.2) is 0 Å². The summed E-state index contributed by atoms with van der Waals surface area (Å²) in [5, 5.41) is 13.0. The van der Waals surface area contributed by atoms with E-state index in [9.17, 15) is 14.9 Å². The van der Waals surface area contributed by atoms with Gasteiger partial charge >= 0.3 is 0 Å². The lowest BCUT2D eigenvalue weighted by Crippen LogP contribution is -2.34. The molecule has 0 saturated heterocycles. The van der Waals surface area contributed by atoms with Crippen molar-refractivity contribution >= 4 is 11.6 Å². The fraction of sp³-hybridized carbons (Fsp3) is 0.286. The molecular weight excluding hydrogens is 174 g/mol. The van der Waals surface area contributed by atoms with Crippen LogP contribution in [0.25, 0.3) is 0 Å². The van der Waals surface area contributed by atoms with E-state index in [0.29, 0.717) is 18.8 Å². The first kappa shape index (κ1) is 7.78. The quantitative estimate of drug-likeness (QED) is 0.494. The van der Waals surface area contributed by atoms with Crippen molar-refractivity contribution in [2.45, 2.75) is 6.54 Å². The van der Waals surface area contributed by atoms with Gasteiger partial charge in [0, 0.05) is 19.2 Å². The van der Waals surface area contributed by atoms with Gasteiger partial charge < -0.3 is 9.88 Å². The number of fused-ring (bicyclic) bond motifs is 1. The molecule has 1 N–H and O–H groups in total. The van der Waals surface area contributed by atoms with Crippen LogP contribution < -0.4 is 5.32 Å². The number of hydrogen-bond acceptors (Lipinski definition) is 3. The molecule has 2 heterocycles. The third kappa shape index (κ3) is 1.16. The van der Waals surface area contributed by atoms with E-state index in [-0.39, 0.29) is 11.6 Å². The molecule has 0 fully saturated rings. The highest BCUT2D eigenvalue weighted by molar-refractivity contribution is 5.94. The predicted octanol–water partition coefficient (Wildman–Crippen LogP) is 0.140. The molecule has 1 aromatic heterocycles. The smallest absolute Gasteiger partial charge is 0.287 e. The van der Waals surface area contributed by atoms with Gasteiger partial charge in [-0.2, -0.15) is 0 Å². The molecule has 1 amide bonds. The van der Waals surface area contributed by atoms with Crippen LogP contribution in [0, 0.1) is 10.1 Å². The minimum absolute atomic E-state index is 0.0351. The lowest BCUT2D eigenvalue weighted by molar-refractivity contribution is -0.384. The number of amides is 1. The maximum atomic E-state index is 11.2. The highest BCUT2D eigenvalue weighted by Crippen LogP contribution is 2.17. The number of nitro groups is 1. The number of nitrogens with zero attached hydrogens (tertiary/aromatic N) is 2. The molecule has 0 aliphatic carbocycles. The number of rotatable bonds is 1. The van der Waals surface area contributed by atoms with Gasteiger partial charge in [0.1, 0.15) is 5.69 Å². The van der Waals surface area contributed by atoms with Crippen LogP contribution >= 0.6 is 0 Å². The number of nitrogens with one attached hydrogen (secondary N) is 1. The van der Waals surface area contributed by atoms with Crippen molar-refractivity contribution in [3.8, 4) is 0 Å². The van der Waals surface area contributed by atoms with Gasteiger partial charge in [0.25, 0.3) is 11.6 Å². The summed E-state index contributed by atoms with van der Waals surface area (Å²) in [4.78, 5) is 21.1. The first-order valence-electron chi connectivity index (χ1n) is 3.81. The summed E-state index contributed by atoms with van der Waals surface area (Å²) < 4.78 is 1.59. The molecule has 6 heteroatoms. The second-order valence-electron chi connectivity index (χ2n) is 2.79. The normalized spacial score (nSPS) is 14.9. The lowest BCUT2D eigenvalue weighted by atomic mass is 10.3. The van der Waals surface area contributed by atoms with E-state index in [2.05, 4.69) is 5.32 Å². The van der Waals surface area contributed by atoms with E-state index < -0.39 is 4.92 Å². The van der Waals surface area contributed by atoms with Crippen molar-refractivity contribution in [1.29, 1.82) is 0 Å². The van der Waals surface area contributed by atoms with Crippen LogP contribution in [0.3, 0.4) is 0 Å². The average Bonchev–Trinajstić information content (AvgIpc) is 2.49. The predicted molar refractivity (Wildman–Crippen MR) is 43.4 cm³/mol. The summed E-state index contributed by atoms with van der Waals surface area (Å²) in [5.41, 5.74) is 0.324. The molecule has 0 saturated carbocycles. The fourth-order valence-corrected chi connectivity index (χ4v) is 1.35. The second kappa shape index (κ2) is 2.58. The van der Waals surface area contributed by atoms with Crippen LogP contribution in [-0.4, -0.2) is 21.9 Å². The monoisotopic (exact) mass is 181 g/mol. The van der Waals surface area contributed by atoms with Gasteiger partial charge in [-0.05, 0) is 0 Å². The van der Waals surface area contributed by atoms with Crippen LogP contribution in [0.1, 0.15) is 10.5 Å². The summed E-state index contributed by atoms with van der Waals surface area (Å²) in [6, 6.07) is 1.29. The Morgan fingerprint density at radius 3 is 3.00 bits per heavy atom. The zero-order valence-corrected chi connectivity index (χ0v) is 6.69. The van der Waals surface area contributed by atoms with Crippen LogP contribution in [-0.2, 0) is 6.54 Å². The third-order valence-electron chi connectivity index (χ3n) is 1.96. The van der Waals surface area contributed by atoms with Gasteiger partial charge in [0.15, 0.2) is 0 Å². The zero-order chi connectivity index (χ0) is 9.42. The first-order valence-corrected chi connectivity index (χ1v) is 3.81. The second-order valence-corrected chi connectivity index (χ2v) is 2.79. The maximum absolute atomic E-state index is 11.2. The third-order valence-corrected chi connectivity index (χ3v) is 1.96. The Morgan fingerprint density at radius 1 is 1.62 bits per heavy atom.